The summed E-state index contributed by atoms with van der Waals surface area (Å²) < 4.78 is 44.9. The molecule has 2 aliphatic rings. The van der Waals surface area contributed by atoms with E-state index in [0.717, 1.165) is 18.2 Å². The summed E-state index contributed by atoms with van der Waals surface area (Å²) in [6.07, 6.45) is 2.46. The van der Waals surface area contributed by atoms with Crippen LogP contribution >= 0.6 is 0 Å². The van der Waals surface area contributed by atoms with Crippen molar-refractivity contribution in [3.63, 3.8) is 0 Å². The van der Waals surface area contributed by atoms with Gasteiger partial charge in [0.25, 0.3) is 0 Å². The van der Waals surface area contributed by atoms with Crippen molar-refractivity contribution in [2.75, 3.05) is 19.7 Å². The fourth-order valence-electron chi connectivity index (χ4n) is 3.87. The molecule has 0 bridgehead atoms. The Kier molecular flexibility index (Phi) is 3.59. The first-order valence-electron chi connectivity index (χ1n) is 7.98. The van der Waals surface area contributed by atoms with Gasteiger partial charge in [-0.3, -0.25) is 9.88 Å². The summed E-state index contributed by atoms with van der Waals surface area (Å²) in [5.74, 6) is -1.27. The second-order valence-corrected chi connectivity index (χ2v) is 6.59. The summed E-state index contributed by atoms with van der Waals surface area (Å²) in [7, 11) is 0. The number of nitrogens with zero attached hydrogens (tertiary/aromatic N) is 4. The van der Waals surface area contributed by atoms with Crippen molar-refractivity contribution in [2.45, 2.75) is 31.0 Å². The van der Waals surface area contributed by atoms with Crippen molar-refractivity contribution in [1.82, 2.24) is 19.9 Å². The van der Waals surface area contributed by atoms with Gasteiger partial charge in [0.1, 0.15) is 6.61 Å². The third-order valence-corrected chi connectivity index (χ3v) is 5.10. The van der Waals surface area contributed by atoms with Gasteiger partial charge in [0, 0.05) is 30.5 Å². The summed E-state index contributed by atoms with van der Waals surface area (Å²) in [5, 5.41) is 0.795. The summed E-state index contributed by atoms with van der Waals surface area (Å²) >= 11 is 0. The number of pyridine rings is 1. The normalized spacial score (nSPS) is 27.5. The standard InChI is InChI=1S/C16H17F3N4O/c17-16(18,19)12-6-15(3-1-5-23(15)9-12)10-24-14-21-8-11-7-20-4-2-13(11)22-14/h2,4,7-8,12H,1,3,5-6,9-10H2. The molecule has 0 N–H and O–H groups in total. The molecule has 5 nitrogen and oxygen atoms in total. The van der Waals surface area contributed by atoms with Gasteiger partial charge in [0.15, 0.2) is 0 Å². The molecule has 2 aliphatic heterocycles. The monoisotopic (exact) mass is 338 g/mol. The second kappa shape index (κ2) is 5.54. The fourth-order valence-corrected chi connectivity index (χ4v) is 3.87. The van der Waals surface area contributed by atoms with E-state index in [0.29, 0.717) is 12.1 Å². The maximum Gasteiger partial charge on any atom is 0.393 e. The molecule has 2 atom stereocenters. The number of hydrogen-bond acceptors (Lipinski definition) is 5. The topological polar surface area (TPSA) is 51.1 Å². The molecule has 2 saturated heterocycles. The minimum absolute atomic E-state index is 0.0666. The van der Waals surface area contributed by atoms with Gasteiger partial charge in [0.2, 0.25) is 0 Å². The van der Waals surface area contributed by atoms with Crippen molar-refractivity contribution in [2.24, 2.45) is 5.92 Å². The van der Waals surface area contributed by atoms with E-state index in [9.17, 15) is 13.2 Å². The first kappa shape index (κ1) is 15.6. The summed E-state index contributed by atoms with van der Waals surface area (Å²) in [5.41, 5.74) is 0.159. The van der Waals surface area contributed by atoms with Gasteiger partial charge in [-0.2, -0.15) is 18.2 Å². The Morgan fingerprint density at radius 2 is 2.21 bits per heavy atom. The van der Waals surface area contributed by atoms with E-state index in [2.05, 4.69) is 15.0 Å². The highest BCUT2D eigenvalue weighted by Crippen LogP contribution is 2.47. The molecule has 0 amide bonds. The average Bonchev–Trinajstić information content (AvgIpc) is 3.09. The highest BCUT2D eigenvalue weighted by molar-refractivity contribution is 5.76. The van der Waals surface area contributed by atoms with Crippen LogP contribution in [0.5, 0.6) is 6.01 Å². The largest absolute Gasteiger partial charge is 0.461 e. The number of hydrogen-bond donors (Lipinski definition) is 0. The Balaban J connectivity index is 1.51. The molecular formula is C16H17F3N4O. The molecule has 8 heteroatoms. The number of ether oxygens (including phenoxy) is 1. The quantitative estimate of drug-likeness (QED) is 0.861. The zero-order valence-corrected chi connectivity index (χ0v) is 13.0. The molecule has 0 spiro atoms. The Morgan fingerprint density at radius 1 is 1.33 bits per heavy atom. The molecule has 2 unspecified atom stereocenters. The van der Waals surface area contributed by atoms with Gasteiger partial charge < -0.3 is 4.74 Å². The SMILES string of the molecule is FC(F)(F)C1CN2CCCC2(COc2ncc3cnccc3n2)C1. The molecule has 0 radical (unpaired) electrons. The highest BCUT2D eigenvalue weighted by atomic mass is 19.4. The lowest BCUT2D eigenvalue weighted by Gasteiger charge is -2.31. The van der Waals surface area contributed by atoms with Crippen LogP contribution in [-0.4, -0.2) is 51.3 Å². The van der Waals surface area contributed by atoms with Crippen LogP contribution in [0.4, 0.5) is 13.2 Å². The van der Waals surface area contributed by atoms with Gasteiger partial charge in [-0.05, 0) is 31.9 Å². The van der Waals surface area contributed by atoms with E-state index in [4.69, 9.17) is 4.74 Å². The van der Waals surface area contributed by atoms with Gasteiger partial charge >= 0.3 is 12.2 Å². The summed E-state index contributed by atoms with van der Waals surface area (Å²) in [4.78, 5) is 14.4. The summed E-state index contributed by atoms with van der Waals surface area (Å²) in [6, 6.07) is 1.95. The van der Waals surface area contributed by atoms with Crippen molar-refractivity contribution in [1.29, 1.82) is 0 Å². The van der Waals surface area contributed by atoms with Crippen LogP contribution in [0.3, 0.4) is 0 Å². The smallest absolute Gasteiger partial charge is 0.393 e. The first-order valence-corrected chi connectivity index (χ1v) is 7.98. The first-order chi connectivity index (χ1) is 11.5. The lowest BCUT2D eigenvalue weighted by molar-refractivity contribution is -0.171. The molecule has 24 heavy (non-hydrogen) atoms. The fraction of sp³-hybridized carbons (Fsp3) is 0.562. The minimum Gasteiger partial charge on any atom is -0.461 e. The van der Waals surface area contributed by atoms with Crippen molar-refractivity contribution < 1.29 is 17.9 Å². The van der Waals surface area contributed by atoms with Crippen LogP contribution in [0.2, 0.25) is 0 Å². The Labute approximate surface area is 136 Å². The van der Waals surface area contributed by atoms with E-state index < -0.39 is 17.6 Å². The van der Waals surface area contributed by atoms with Crippen LogP contribution in [0.1, 0.15) is 19.3 Å². The second-order valence-electron chi connectivity index (χ2n) is 6.59. The number of fused-ring (bicyclic) bond motifs is 2. The molecule has 2 aromatic rings. The lowest BCUT2D eigenvalue weighted by atomic mass is 9.90. The average molecular weight is 338 g/mol. The lowest BCUT2D eigenvalue weighted by Crippen LogP contribution is -2.43. The van der Waals surface area contributed by atoms with Crippen LogP contribution < -0.4 is 4.74 Å². The molecule has 2 aromatic heterocycles. The maximum atomic E-state index is 13.1. The number of halogens is 3. The minimum atomic E-state index is -4.15. The number of rotatable bonds is 3. The molecule has 4 rings (SSSR count). The van der Waals surface area contributed by atoms with E-state index in [-0.39, 0.29) is 25.6 Å². The molecule has 0 aromatic carbocycles. The van der Waals surface area contributed by atoms with Crippen LogP contribution in [0.25, 0.3) is 10.9 Å². The van der Waals surface area contributed by atoms with Crippen LogP contribution in [0.15, 0.2) is 24.7 Å². The van der Waals surface area contributed by atoms with Gasteiger partial charge in [-0.1, -0.05) is 0 Å². The van der Waals surface area contributed by atoms with Crippen LogP contribution in [-0.2, 0) is 0 Å². The zero-order chi connectivity index (χ0) is 16.8. The summed E-state index contributed by atoms with van der Waals surface area (Å²) in [6.45, 7) is 0.952. The Morgan fingerprint density at radius 3 is 3.04 bits per heavy atom. The third kappa shape index (κ3) is 2.68. The van der Waals surface area contributed by atoms with E-state index in [1.807, 2.05) is 4.90 Å². The third-order valence-electron chi connectivity index (χ3n) is 5.10. The molecular weight excluding hydrogens is 321 g/mol. The number of aromatic nitrogens is 3. The highest BCUT2D eigenvalue weighted by Gasteiger charge is 2.56. The van der Waals surface area contributed by atoms with E-state index >= 15 is 0 Å². The van der Waals surface area contributed by atoms with Crippen molar-refractivity contribution >= 4 is 10.9 Å². The predicted octanol–water partition coefficient (Wildman–Crippen LogP) is 2.82. The number of alkyl halides is 3. The van der Waals surface area contributed by atoms with E-state index in [1.165, 1.54) is 0 Å². The van der Waals surface area contributed by atoms with Crippen molar-refractivity contribution in [3.8, 4) is 6.01 Å². The Hall–Kier alpha value is -1.96. The van der Waals surface area contributed by atoms with Gasteiger partial charge in [-0.15, -0.1) is 0 Å². The molecule has 4 heterocycles. The maximum absolute atomic E-state index is 13.1. The van der Waals surface area contributed by atoms with Crippen LogP contribution in [0, 0.1) is 5.92 Å². The van der Waals surface area contributed by atoms with Gasteiger partial charge in [-0.25, -0.2) is 4.98 Å². The zero-order valence-electron chi connectivity index (χ0n) is 13.0. The van der Waals surface area contributed by atoms with Gasteiger partial charge in [0.05, 0.1) is 17.0 Å². The van der Waals surface area contributed by atoms with Crippen molar-refractivity contribution in [3.05, 3.63) is 24.7 Å². The predicted molar refractivity (Wildman–Crippen MR) is 80.5 cm³/mol. The molecule has 0 aliphatic carbocycles. The van der Waals surface area contributed by atoms with E-state index in [1.54, 1.807) is 24.7 Å². The molecule has 2 fully saturated rings. The molecule has 128 valence electrons. The molecule has 0 saturated carbocycles. The Bertz CT molecular complexity index is 753.